The van der Waals surface area contributed by atoms with E-state index in [1.807, 2.05) is 18.2 Å². The molecule has 0 saturated heterocycles. The van der Waals surface area contributed by atoms with Crippen LogP contribution in [0.3, 0.4) is 0 Å². The third-order valence-electron chi connectivity index (χ3n) is 3.83. The highest BCUT2D eigenvalue weighted by atomic mass is 16.4. The molecule has 2 N–H and O–H groups in total. The number of hydrogen-bond acceptors (Lipinski definition) is 4. The molecule has 20 heavy (non-hydrogen) atoms. The van der Waals surface area contributed by atoms with Crippen LogP contribution in [-0.4, -0.2) is 26.0 Å². The lowest BCUT2D eigenvalue weighted by molar-refractivity contribution is -0.140. The zero-order valence-electron chi connectivity index (χ0n) is 10.5. The van der Waals surface area contributed by atoms with Gasteiger partial charge in [-0.15, -0.1) is 0 Å². The van der Waals surface area contributed by atoms with Crippen molar-refractivity contribution in [2.45, 2.75) is 18.3 Å². The van der Waals surface area contributed by atoms with Crippen LogP contribution in [0.1, 0.15) is 18.7 Å². The van der Waals surface area contributed by atoms with E-state index < -0.39 is 11.4 Å². The van der Waals surface area contributed by atoms with Crippen LogP contribution in [-0.2, 0) is 10.2 Å². The Morgan fingerprint density at radius 2 is 2.20 bits per heavy atom. The van der Waals surface area contributed by atoms with Gasteiger partial charge in [0.05, 0.1) is 11.9 Å². The van der Waals surface area contributed by atoms with E-state index in [4.69, 9.17) is 4.42 Å². The van der Waals surface area contributed by atoms with Gasteiger partial charge in [0.15, 0.2) is 12.0 Å². The van der Waals surface area contributed by atoms with Crippen molar-refractivity contribution in [1.82, 2.24) is 15.0 Å². The van der Waals surface area contributed by atoms with Gasteiger partial charge >= 0.3 is 5.97 Å². The Labute approximate surface area is 113 Å². The van der Waals surface area contributed by atoms with Gasteiger partial charge in [-0.05, 0) is 25.0 Å². The minimum atomic E-state index is -0.816. The molecule has 2 aromatic heterocycles. The maximum atomic E-state index is 11.3. The molecule has 1 fully saturated rings. The molecule has 0 spiro atoms. The van der Waals surface area contributed by atoms with Crippen molar-refractivity contribution in [2.24, 2.45) is 0 Å². The molecule has 1 aliphatic rings. The lowest BCUT2D eigenvalue weighted by Crippen LogP contribution is -2.20. The van der Waals surface area contributed by atoms with Gasteiger partial charge in [0.1, 0.15) is 16.8 Å². The molecule has 1 aliphatic carbocycles. The molecule has 2 heterocycles. The SMILES string of the molecule is O=C(O)C1(c2ncc(-c3ccc4ncoc4c3)[nH]2)CC1. The first kappa shape index (κ1) is 11.2. The predicted octanol–water partition coefficient (Wildman–Crippen LogP) is 2.33. The number of imidazole rings is 1. The van der Waals surface area contributed by atoms with Gasteiger partial charge in [-0.3, -0.25) is 4.79 Å². The molecule has 0 atom stereocenters. The Balaban J connectivity index is 1.76. The maximum Gasteiger partial charge on any atom is 0.317 e. The maximum absolute atomic E-state index is 11.3. The second-order valence-electron chi connectivity index (χ2n) is 5.07. The van der Waals surface area contributed by atoms with Crippen LogP contribution in [0.5, 0.6) is 0 Å². The Hall–Kier alpha value is -2.63. The van der Waals surface area contributed by atoms with E-state index >= 15 is 0 Å². The number of carboxylic acid groups (broad SMARTS) is 1. The zero-order valence-corrected chi connectivity index (χ0v) is 10.5. The largest absolute Gasteiger partial charge is 0.480 e. The number of oxazole rings is 1. The van der Waals surface area contributed by atoms with E-state index in [0.29, 0.717) is 24.2 Å². The summed E-state index contributed by atoms with van der Waals surface area (Å²) in [5.74, 6) is -0.290. The molecule has 4 rings (SSSR count). The van der Waals surface area contributed by atoms with Crippen molar-refractivity contribution in [2.75, 3.05) is 0 Å². The number of carbonyl (C=O) groups is 1. The molecular formula is C14H11N3O3. The molecule has 1 aromatic carbocycles. The van der Waals surface area contributed by atoms with Crippen molar-refractivity contribution < 1.29 is 14.3 Å². The Morgan fingerprint density at radius 1 is 1.35 bits per heavy atom. The summed E-state index contributed by atoms with van der Waals surface area (Å²) >= 11 is 0. The number of fused-ring (bicyclic) bond motifs is 1. The molecule has 1 saturated carbocycles. The topological polar surface area (TPSA) is 92.0 Å². The van der Waals surface area contributed by atoms with Crippen LogP contribution in [0.2, 0.25) is 0 Å². The third-order valence-corrected chi connectivity index (χ3v) is 3.83. The number of rotatable bonds is 3. The van der Waals surface area contributed by atoms with E-state index in [9.17, 15) is 9.90 Å². The molecule has 6 heteroatoms. The number of aliphatic carboxylic acids is 1. The van der Waals surface area contributed by atoms with Gasteiger partial charge in [-0.1, -0.05) is 6.07 Å². The molecule has 6 nitrogen and oxygen atoms in total. The molecule has 0 unspecified atom stereocenters. The zero-order chi connectivity index (χ0) is 13.7. The lowest BCUT2D eigenvalue weighted by atomic mass is 10.1. The quantitative estimate of drug-likeness (QED) is 0.761. The summed E-state index contributed by atoms with van der Waals surface area (Å²) in [6.45, 7) is 0. The van der Waals surface area contributed by atoms with Gasteiger partial charge in [-0.25, -0.2) is 9.97 Å². The summed E-state index contributed by atoms with van der Waals surface area (Å²) in [6, 6.07) is 5.63. The number of hydrogen-bond donors (Lipinski definition) is 2. The van der Waals surface area contributed by atoms with E-state index in [1.54, 1.807) is 6.20 Å². The second-order valence-corrected chi connectivity index (χ2v) is 5.07. The Morgan fingerprint density at radius 3 is 2.95 bits per heavy atom. The number of H-pyrrole nitrogens is 1. The normalized spacial score (nSPS) is 16.4. The predicted molar refractivity (Wildman–Crippen MR) is 70.1 cm³/mol. The summed E-state index contributed by atoms with van der Waals surface area (Å²) in [6.07, 6.45) is 4.33. The number of aromatic nitrogens is 3. The molecule has 0 bridgehead atoms. The van der Waals surface area contributed by atoms with Crippen LogP contribution >= 0.6 is 0 Å². The second kappa shape index (κ2) is 3.69. The summed E-state index contributed by atoms with van der Waals surface area (Å²) in [5.41, 5.74) is 2.35. The van der Waals surface area contributed by atoms with Gasteiger partial charge in [0.25, 0.3) is 0 Å². The Bertz CT molecular complexity index is 814. The van der Waals surface area contributed by atoms with E-state index in [-0.39, 0.29) is 0 Å². The van der Waals surface area contributed by atoms with Gasteiger partial charge in [0, 0.05) is 5.56 Å². The third kappa shape index (κ3) is 1.48. The smallest absolute Gasteiger partial charge is 0.317 e. The van der Waals surface area contributed by atoms with Gasteiger partial charge in [0.2, 0.25) is 0 Å². The summed E-state index contributed by atoms with van der Waals surface area (Å²) < 4.78 is 5.27. The first-order valence-electron chi connectivity index (χ1n) is 6.31. The van der Waals surface area contributed by atoms with Crippen LogP contribution in [0.25, 0.3) is 22.4 Å². The minimum Gasteiger partial charge on any atom is -0.480 e. The van der Waals surface area contributed by atoms with Crippen LogP contribution in [0, 0.1) is 0 Å². The van der Waals surface area contributed by atoms with Crippen molar-refractivity contribution >= 4 is 17.1 Å². The molecule has 3 aromatic rings. The summed E-state index contributed by atoms with van der Waals surface area (Å²) in [4.78, 5) is 22.7. The van der Waals surface area contributed by atoms with Crippen LogP contribution in [0.15, 0.2) is 35.2 Å². The number of aromatic amines is 1. The van der Waals surface area contributed by atoms with Crippen LogP contribution in [0.4, 0.5) is 0 Å². The first-order chi connectivity index (χ1) is 9.69. The highest BCUT2D eigenvalue weighted by molar-refractivity contribution is 5.84. The van der Waals surface area contributed by atoms with Gasteiger partial charge in [-0.2, -0.15) is 0 Å². The van der Waals surface area contributed by atoms with E-state index in [1.165, 1.54) is 6.39 Å². The first-order valence-corrected chi connectivity index (χ1v) is 6.31. The monoisotopic (exact) mass is 269 g/mol. The Kier molecular flexibility index (Phi) is 2.07. The van der Waals surface area contributed by atoms with E-state index in [0.717, 1.165) is 16.8 Å². The summed E-state index contributed by atoms with van der Waals surface area (Å²) in [7, 11) is 0. The standard InChI is InChI=1S/C14H11N3O3/c18-13(19)14(3-4-14)12-15-6-10(17-12)8-1-2-9-11(5-8)20-7-16-9/h1-2,5-7H,3-4H2,(H,15,17)(H,18,19). The summed E-state index contributed by atoms with van der Waals surface area (Å²) in [5, 5.41) is 9.27. The van der Waals surface area contributed by atoms with E-state index in [2.05, 4.69) is 15.0 Å². The average Bonchev–Trinajstić information content (AvgIpc) is 2.91. The minimum absolute atomic E-state index is 0.526. The molecule has 0 amide bonds. The molecule has 0 radical (unpaired) electrons. The van der Waals surface area contributed by atoms with Crippen molar-refractivity contribution in [1.29, 1.82) is 0 Å². The fraction of sp³-hybridized carbons (Fsp3) is 0.214. The lowest BCUT2D eigenvalue weighted by Gasteiger charge is -2.04. The van der Waals surface area contributed by atoms with Crippen molar-refractivity contribution in [3.8, 4) is 11.3 Å². The molecular weight excluding hydrogens is 258 g/mol. The molecule has 0 aliphatic heterocycles. The number of nitrogens with zero attached hydrogens (tertiary/aromatic N) is 2. The van der Waals surface area contributed by atoms with Crippen molar-refractivity contribution in [3.05, 3.63) is 36.6 Å². The highest BCUT2D eigenvalue weighted by Crippen LogP contribution is 2.47. The number of carboxylic acids is 1. The van der Waals surface area contributed by atoms with Crippen LogP contribution < -0.4 is 0 Å². The fourth-order valence-electron chi connectivity index (χ4n) is 2.41. The van der Waals surface area contributed by atoms with Crippen molar-refractivity contribution in [3.63, 3.8) is 0 Å². The number of benzene rings is 1. The van der Waals surface area contributed by atoms with Gasteiger partial charge < -0.3 is 14.5 Å². The average molecular weight is 269 g/mol. The number of nitrogens with one attached hydrogen (secondary N) is 1. The fourth-order valence-corrected chi connectivity index (χ4v) is 2.41. The molecule has 100 valence electrons. The highest BCUT2D eigenvalue weighted by Gasteiger charge is 2.54.